The molecular formula is C13H14N2O. The fourth-order valence-electron chi connectivity index (χ4n) is 2.53. The molecule has 0 amide bonds. The second kappa shape index (κ2) is 3.27. The Morgan fingerprint density at radius 3 is 2.75 bits per heavy atom. The highest BCUT2D eigenvalue weighted by Gasteiger charge is 2.45. The summed E-state index contributed by atoms with van der Waals surface area (Å²) in [6, 6.07) is 6.51. The van der Waals surface area contributed by atoms with Gasteiger partial charge in [0.1, 0.15) is 0 Å². The van der Waals surface area contributed by atoms with Crippen LogP contribution >= 0.6 is 0 Å². The summed E-state index contributed by atoms with van der Waals surface area (Å²) in [5.74, 6) is 0. The number of isocyanates is 1. The third-order valence-electron chi connectivity index (χ3n) is 3.61. The lowest BCUT2D eigenvalue weighted by molar-refractivity contribution is 0.353. The van der Waals surface area contributed by atoms with E-state index in [1.165, 1.54) is 16.7 Å². The Kier molecular flexibility index (Phi) is 2.00. The number of benzene rings is 1. The largest absolute Gasteiger partial charge is 0.298 e. The predicted molar refractivity (Wildman–Crippen MR) is 60.6 cm³/mol. The highest BCUT2D eigenvalue weighted by molar-refractivity contribution is 5.44. The van der Waals surface area contributed by atoms with Crippen molar-refractivity contribution in [2.75, 3.05) is 7.05 Å². The molecule has 16 heavy (non-hydrogen) atoms. The maximum Gasteiger partial charge on any atom is 0.235 e. The quantitative estimate of drug-likeness (QED) is 0.557. The summed E-state index contributed by atoms with van der Waals surface area (Å²) in [7, 11) is 2.12. The Bertz CT molecular complexity index is 485. The summed E-state index contributed by atoms with van der Waals surface area (Å²) in [6.07, 6.45) is 3.68. The predicted octanol–water partition coefficient (Wildman–Crippen LogP) is 1.96. The van der Waals surface area contributed by atoms with Gasteiger partial charge in [-0.1, -0.05) is 18.2 Å². The number of hydrogen-bond acceptors (Lipinski definition) is 3. The van der Waals surface area contributed by atoms with Gasteiger partial charge in [-0.05, 0) is 36.6 Å². The fraction of sp³-hybridized carbons (Fsp3) is 0.462. The van der Waals surface area contributed by atoms with Crippen molar-refractivity contribution in [3.05, 3.63) is 34.9 Å². The lowest BCUT2D eigenvalue weighted by Gasteiger charge is -2.09. The van der Waals surface area contributed by atoms with Crippen LogP contribution in [0.4, 0.5) is 0 Å². The normalized spacial score (nSPS) is 21.3. The minimum atomic E-state index is -0.224. The molecule has 3 rings (SSSR count). The Morgan fingerprint density at radius 1 is 1.31 bits per heavy atom. The first-order valence-electron chi connectivity index (χ1n) is 5.63. The van der Waals surface area contributed by atoms with Gasteiger partial charge in [-0.2, -0.15) is 4.99 Å². The zero-order chi connectivity index (χ0) is 11.2. The number of fused-ring (bicyclic) bond motifs is 1. The van der Waals surface area contributed by atoms with Gasteiger partial charge in [0.25, 0.3) is 0 Å². The van der Waals surface area contributed by atoms with E-state index in [0.29, 0.717) is 0 Å². The van der Waals surface area contributed by atoms with Gasteiger partial charge in [0.05, 0.1) is 5.54 Å². The van der Waals surface area contributed by atoms with Crippen molar-refractivity contribution in [2.45, 2.75) is 31.5 Å². The van der Waals surface area contributed by atoms with Crippen molar-refractivity contribution in [2.24, 2.45) is 4.99 Å². The van der Waals surface area contributed by atoms with Gasteiger partial charge in [0.2, 0.25) is 6.08 Å². The van der Waals surface area contributed by atoms with Crippen LogP contribution in [0.1, 0.15) is 29.5 Å². The van der Waals surface area contributed by atoms with E-state index in [-0.39, 0.29) is 5.54 Å². The summed E-state index contributed by atoms with van der Waals surface area (Å²) in [6.45, 7) is 2.03. The molecule has 3 nitrogen and oxygen atoms in total. The Balaban J connectivity index is 2.00. The number of hydrogen-bond donors (Lipinski definition) is 0. The second-order valence-electron chi connectivity index (χ2n) is 4.89. The molecule has 0 saturated heterocycles. The number of rotatable bonds is 2. The molecule has 1 saturated carbocycles. The van der Waals surface area contributed by atoms with Crippen LogP contribution < -0.4 is 0 Å². The molecule has 0 atom stereocenters. The number of nitrogens with zero attached hydrogens (tertiary/aromatic N) is 2. The molecular weight excluding hydrogens is 200 g/mol. The van der Waals surface area contributed by atoms with E-state index >= 15 is 0 Å². The molecule has 0 spiro atoms. The molecule has 3 heteroatoms. The van der Waals surface area contributed by atoms with Crippen LogP contribution in [0.2, 0.25) is 0 Å². The molecule has 0 N–H and O–H groups in total. The van der Waals surface area contributed by atoms with Crippen molar-refractivity contribution in [3.8, 4) is 0 Å². The standard InChI is InChI=1S/C13H14N2O/c1-15-7-10-2-3-12(6-11(10)8-15)13(4-5-13)14-9-16/h2-3,6H,4-5,7-8H2,1H3. The van der Waals surface area contributed by atoms with E-state index in [4.69, 9.17) is 0 Å². The third-order valence-corrected chi connectivity index (χ3v) is 3.61. The molecule has 1 heterocycles. The molecule has 1 aromatic rings. The third kappa shape index (κ3) is 1.41. The van der Waals surface area contributed by atoms with Gasteiger partial charge in [0.15, 0.2) is 0 Å². The summed E-state index contributed by atoms with van der Waals surface area (Å²) in [5, 5.41) is 0. The first-order chi connectivity index (χ1) is 7.73. The van der Waals surface area contributed by atoms with E-state index in [2.05, 4.69) is 35.1 Å². The highest BCUT2D eigenvalue weighted by Crippen LogP contribution is 2.49. The van der Waals surface area contributed by atoms with Gasteiger partial charge < -0.3 is 0 Å². The molecule has 82 valence electrons. The van der Waals surface area contributed by atoms with Crippen molar-refractivity contribution in [1.29, 1.82) is 0 Å². The number of carbonyl (C=O) groups excluding carboxylic acids is 1. The van der Waals surface area contributed by atoms with Gasteiger partial charge in [0, 0.05) is 13.1 Å². The average Bonchev–Trinajstić information content (AvgIpc) is 2.93. The van der Waals surface area contributed by atoms with E-state index in [1.54, 1.807) is 6.08 Å². The lowest BCUT2D eigenvalue weighted by Crippen LogP contribution is -2.07. The minimum absolute atomic E-state index is 0.224. The lowest BCUT2D eigenvalue weighted by atomic mass is 10.00. The van der Waals surface area contributed by atoms with Crippen LogP contribution in [0.3, 0.4) is 0 Å². The van der Waals surface area contributed by atoms with E-state index < -0.39 is 0 Å². The van der Waals surface area contributed by atoms with E-state index in [1.807, 2.05) is 0 Å². The Hall–Kier alpha value is -1.44. The molecule has 0 aromatic heterocycles. The summed E-state index contributed by atoms with van der Waals surface area (Å²) in [5.41, 5.74) is 3.74. The first-order valence-corrected chi connectivity index (χ1v) is 5.63. The molecule has 1 aromatic carbocycles. The van der Waals surface area contributed by atoms with Crippen LogP contribution in [0, 0.1) is 0 Å². The molecule has 0 radical (unpaired) electrons. The molecule has 2 aliphatic rings. The van der Waals surface area contributed by atoms with Gasteiger partial charge in [-0.25, -0.2) is 4.79 Å². The number of aliphatic imine (C=N–C) groups is 1. The van der Waals surface area contributed by atoms with Crippen molar-refractivity contribution in [1.82, 2.24) is 4.90 Å². The summed E-state index contributed by atoms with van der Waals surface area (Å²) >= 11 is 0. The van der Waals surface area contributed by atoms with Crippen LogP contribution in [-0.4, -0.2) is 18.0 Å². The smallest absolute Gasteiger partial charge is 0.235 e. The zero-order valence-electron chi connectivity index (χ0n) is 9.36. The maximum atomic E-state index is 10.4. The summed E-state index contributed by atoms with van der Waals surface area (Å²) < 4.78 is 0. The Labute approximate surface area is 94.8 Å². The second-order valence-corrected chi connectivity index (χ2v) is 4.89. The minimum Gasteiger partial charge on any atom is -0.298 e. The summed E-state index contributed by atoms with van der Waals surface area (Å²) in [4.78, 5) is 16.7. The molecule has 0 unspecified atom stereocenters. The van der Waals surface area contributed by atoms with Crippen LogP contribution in [0.25, 0.3) is 0 Å². The zero-order valence-corrected chi connectivity index (χ0v) is 9.36. The van der Waals surface area contributed by atoms with Crippen molar-refractivity contribution >= 4 is 6.08 Å². The Morgan fingerprint density at radius 2 is 2.06 bits per heavy atom. The molecule has 1 aliphatic carbocycles. The van der Waals surface area contributed by atoms with Crippen LogP contribution in [-0.2, 0) is 23.4 Å². The van der Waals surface area contributed by atoms with Gasteiger partial charge in [-0.3, -0.25) is 4.90 Å². The van der Waals surface area contributed by atoms with Crippen molar-refractivity contribution < 1.29 is 4.79 Å². The van der Waals surface area contributed by atoms with E-state index in [9.17, 15) is 4.79 Å². The van der Waals surface area contributed by atoms with Gasteiger partial charge in [-0.15, -0.1) is 0 Å². The monoisotopic (exact) mass is 214 g/mol. The molecule has 1 fully saturated rings. The van der Waals surface area contributed by atoms with Crippen LogP contribution in [0.15, 0.2) is 23.2 Å². The molecule has 0 bridgehead atoms. The first kappa shape index (κ1) is 9.76. The fourth-order valence-corrected chi connectivity index (χ4v) is 2.53. The van der Waals surface area contributed by atoms with Crippen LogP contribution in [0.5, 0.6) is 0 Å². The maximum absolute atomic E-state index is 10.4. The topological polar surface area (TPSA) is 32.7 Å². The van der Waals surface area contributed by atoms with Gasteiger partial charge >= 0.3 is 0 Å². The highest BCUT2D eigenvalue weighted by atomic mass is 16.1. The SMILES string of the molecule is CN1Cc2ccc(C3(N=C=O)CC3)cc2C1. The molecule has 1 aliphatic heterocycles. The average molecular weight is 214 g/mol. The van der Waals surface area contributed by atoms with Crippen molar-refractivity contribution in [3.63, 3.8) is 0 Å². The van der Waals surface area contributed by atoms with E-state index in [0.717, 1.165) is 25.9 Å².